The number of halogens is 4. The topological polar surface area (TPSA) is 62.1 Å². The molecule has 0 atom stereocenters. The summed E-state index contributed by atoms with van der Waals surface area (Å²) in [5, 5.41) is 12.4. The number of likely N-dealkylation sites (tertiary alicyclic amines) is 1. The van der Waals surface area contributed by atoms with E-state index in [9.17, 15) is 27.6 Å². The Morgan fingerprint density at radius 3 is 2.30 bits per heavy atom. The molecule has 1 N–H and O–H groups in total. The lowest BCUT2D eigenvalue weighted by atomic mass is 9.87. The number of amides is 1. The zero-order valence-corrected chi connectivity index (χ0v) is 15.3. The van der Waals surface area contributed by atoms with Gasteiger partial charge in [-0.05, 0) is 39.7 Å². The van der Waals surface area contributed by atoms with E-state index in [0.717, 1.165) is 12.1 Å². The average Bonchev–Trinajstić information content (AvgIpc) is 2.55. The number of carbonyl (C=O) groups is 1. The number of ether oxygens (including phenoxy) is 1. The lowest BCUT2D eigenvalue weighted by molar-refractivity contribution is -0.140. The highest BCUT2D eigenvalue weighted by Gasteiger charge is 2.37. The first-order valence-corrected chi connectivity index (χ1v) is 8.50. The van der Waals surface area contributed by atoms with Crippen LogP contribution in [0.5, 0.6) is 0 Å². The molecule has 1 aromatic carbocycles. The van der Waals surface area contributed by atoms with Crippen LogP contribution >= 0.6 is 0 Å². The molecule has 27 heavy (non-hydrogen) atoms. The average molecular weight is 390 g/mol. The van der Waals surface area contributed by atoms with E-state index in [1.807, 2.05) is 0 Å². The fraction of sp³-hybridized carbons (Fsp3) is 0.556. The van der Waals surface area contributed by atoms with Gasteiger partial charge >= 0.3 is 12.3 Å². The zero-order valence-electron chi connectivity index (χ0n) is 15.3. The van der Waals surface area contributed by atoms with Crippen LogP contribution in [0.1, 0.15) is 44.7 Å². The van der Waals surface area contributed by atoms with E-state index in [1.165, 1.54) is 4.90 Å². The highest BCUT2D eigenvalue weighted by atomic mass is 19.4. The molecule has 0 unspecified atom stereocenters. The van der Waals surface area contributed by atoms with Gasteiger partial charge in [-0.3, -0.25) is 0 Å². The third kappa shape index (κ3) is 5.11. The lowest BCUT2D eigenvalue weighted by Crippen LogP contribution is -2.43. The molecule has 9 heteroatoms. The van der Waals surface area contributed by atoms with Crippen molar-refractivity contribution in [3.8, 4) is 0 Å². The number of carbonyl (C=O) groups excluding carboxylic acids is 1. The van der Waals surface area contributed by atoms with Crippen molar-refractivity contribution in [2.45, 2.75) is 45.4 Å². The number of hydrogen-bond acceptors (Lipinski definition) is 4. The van der Waals surface area contributed by atoms with Gasteiger partial charge in [0.1, 0.15) is 11.4 Å². The quantitative estimate of drug-likeness (QED) is 0.346. The van der Waals surface area contributed by atoms with Gasteiger partial charge in [0.2, 0.25) is 0 Å². The molecule has 5 nitrogen and oxygen atoms in total. The third-order valence-corrected chi connectivity index (χ3v) is 4.22. The van der Waals surface area contributed by atoms with Crippen LogP contribution in [-0.2, 0) is 10.9 Å². The fourth-order valence-electron chi connectivity index (χ4n) is 2.97. The summed E-state index contributed by atoms with van der Waals surface area (Å²) < 4.78 is 58.4. The summed E-state index contributed by atoms with van der Waals surface area (Å²) in [5.74, 6) is -1.95. The number of hydrogen-bond donors (Lipinski definition) is 1. The summed E-state index contributed by atoms with van der Waals surface area (Å²) >= 11 is 0. The van der Waals surface area contributed by atoms with Crippen LogP contribution in [0.2, 0.25) is 0 Å². The Bertz CT molecular complexity index is 718. The van der Waals surface area contributed by atoms with Gasteiger partial charge < -0.3 is 14.8 Å². The standard InChI is InChI=1S/C18H22F4N2O3/c1-17(2,3)27-16(25)24-9-7-11(8-10-24)15(23-26)12-5-4-6-13(14(12)19)18(20,21)22/h4-6,11,26H,7-10H2,1-3H3. The first-order valence-electron chi connectivity index (χ1n) is 8.50. The lowest BCUT2D eigenvalue weighted by Gasteiger charge is -2.33. The molecule has 1 amide bonds. The summed E-state index contributed by atoms with van der Waals surface area (Å²) in [7, 11) is 0. The maximum absolute atomic E-state index is 14.4. The van der Waals surface area contributed by atoms with Crippen molar-refractivity contribution in [1.82, 2.24) is 4.90 Å². The monoisotopic (exact) mass is 390 g/mol. The van der Waals surface area contributed by atoms with Gasteiger partial charge in [0.05, 0.1) is 11.3 Å². The zero-order chi connectivity index (χ0) is 20.4. The predicted octanol–water partition coefficient (Wildman–Crippen LogP) is 4.67. The molecule has 0 aliphatic carbocycles. The molecule has 1 saturated heterocycles. The normalized spacial score (nSPS) is 17.1. The predicted molar refractivity (Wildman–Crippen MR) is 90.3 cm³/mol. The Morgan fingerprint density at radius 1 is 1.22 bits per heavy atom. The van der Waals surface area contributed by atoms with Crippen LogP contribution in [0.4, 0.5) is 22.4 Å². The molecule has 0 bridgehead atoms. The second-order valence-corrected chi connectivity index (χ2v) is 7.39. The van der Waals surface area contributed by atoms with E-state index < -0.39 is 35.2 Å². The van der Waals surface area contributed by atoms with Crippen LogP contribution in [0.15, 0.2) is 23.4 Å². The molecule has 1 heterocycles. The minimum atomic E-state index is -4.85. The van der Waals surface area contributed by atoms with Crippen molar-refractivity contribution >= 4 is 11.8 Å². The summed E-state index contributed by atoms with van der Waals surface area (Å²) in [5.41, 5.74) is -2.59. The third-order valence-electron chi connectivity index (χ3n) is 4.22. The summed E-state index contributed by atoms with van der Waals surface area (Å²) in [6, 6.07) is 2.86. The van der Waals surface area contributed by atoms with Gasteiger partial charge in [0, 0.05) is 24.6 Å². The maximum Gasteiger partial charge on any atom is 0.419 e. The second kappa shape index (κ2) is 7.74. The summed E-state index contributed by atoms with van der Waals surface area (Å²) in [6.45, 7) is 5.75. The highest BCUT2D eigenvalue weighted by Crippen LogP contribution is 2.34. The molecule has 1 aromatic rings. The number of oxime groups is 1. The van der Waals surface area contributed by atoms with Gasteiger partial charge in [0.25, 0.3) is 0 Å². The van der Waals surface area contributed by atoms with Gasteiger partial charge in [-0.2, -0.15) is 13.2 Å². The number of nitrogens with zero attached hydrogens (tertiary/aromatic N) is 2. The minimum Gasteiger partial charge on any atom is -0.444 e. The van der Waals surface area contributed by atoms with Crippen molar-refractivity contribution in [1.29, 1.82) is 0 Å². The highest BCUT2D eigenvalue weighted by molar-refractivity contribution is 6.02. The molecule has 0 saturated carbocycles. The minimum absolute atomic E-state index is 0.151. The Balaban J connectivity index is 2.15. The van der Waals surface area contributed by atoms with Crippen LogP contribution in [0, 0.1) is 11.7 Å². The molecule has 0 radical (unpaired) electrons. The number of alkyl halides is 3. The van der Waals surface area contributed by atoms with Crippen molar-refractivity contribution in [2.75, 3.05) is 13.1 Å². The van der Waals surface area contributed by atoms with E-state index in [2.05, 4.69) is 5.16 Å². The van der Waals surface area contributed by atoms with Crippen molar-refractivity contribution < 1.29 is 32.3 Å². The number of piperidine rings is 1. The molecule has 0 aromatic heterocycles. The summed E-state index contributed by atoms with van der Waals surface area (Å²) in [6.07, 6.45) is -4.71. The first-order chi connectivity index (χ1) is 12.4. The maximum atomic E-state index is 14.4. The Kier molecular flexibility index (Phi) is 6.01. The fourth-order valence-corrected chi connectivity index (χ4v) is 2.97. The van der Waals surface area contributed by atoms with E-state index in [4.69, 9.17) is 4.74 Å². The molecular weight excluding hydrogens is 368 g/mol. The smallest absolute Gasteiger partial charge is 0.419 e. The number of rotatable bonds is 2. The molecule has 150 valence electrons. The Morgan fingerprint density at radius 2 is 1.81 bits per heavy atom. The van der Waals surface area contributed by atoms with E-state index in [1.54, 1.807) is 20.8 Å². The van der Waals surface area contributed by atoms with Gasteiger partial charge in [-0.15, -0.1) is 0 Å². The van der Waals surface area contributed by atoms with E-state index >= 15 is 0 Å². The van der Waals surface area contributed by atoms with Gasteiger partial charge in [-0.25, -0.2) is 9.18 Å². The van der Waals surface area contributed by atoms with Gasteiger partial charge in [0.15, 0.2) is 0 Å². The Hall–Kier alpha value is -2.32. The van der Waals surface area contributed by atoms with E-state index in [0.29, 0.717) is 18.9 Å². The van der Waals surface area contributed by atoms with Crippen LogP contribution < -0.4 is 0 Å². The molecule has 1 aliphatic rings. The molecular formula is C18H22F4N2O3. The molecule has 0 spiro atoms. The van der Waals surface area contributed by atoms with Crippen molar-refractivity contribution in [2.24, 2.45) is 11.1 Å². The largest absolute Gasteiger partial charge is 0.444 e. The first kappa shape index (κ1) is 21.0. The van der Waals surface area contributed by atoms with Crippen LogP contribution in [0.3, 0.4) is 0 Å². The number of benzene rings is 1. The Labute approximate surface area is 154 Å². The summed E-state index contributed by atoms with van der Waals surface area (Å²) in [4.78, 5) is 13.5. The van der Waals surface area contributed by atoms with Crippen molar-refractivity contribution in [3.05, 3.63) is 35.1 Å². The van der Waals surface area contributed by atoms with Crippen molar-refractivity contribution in [3.63, 3.8) is 0 Å². The van der Waals surface area contributed by atoms with Crippen LogP contribution in [0.25, 0.3) is 0 Å². The SMILES string of the molecule is CC(C)(C)OC(=O)N1CCC(C(=NO)c2cccc(C(F)(F)F)c2F)CC1. The molecule has 2 rings (SSSR count). The van der Waals surface area contributed by atoms with Gasteiger partial charge in [-0.1, -0.05) is 17.3 Å². The molecule has 1 aliphatic heterocycles. The van der Waals surface area contributed by atoms with Crippen LogP contribution in [-0.4, -0.2) is 40.6 Å². The van der Waals surface area contributed by atoms with E-state index in [-0.39, 0.29) is 24.4 Å². The molecule has 1 fully saturated rings. The second-order valence-electron chi connectivity index (χ2n) is 7.39.